The average molecular weight is 429 g/mol. The first-order chi connectivity index (χ1) is 13.7. The van der Waals surface area contributed by atoms with Gasteiger partial charge in [-0.05, 0) is 50.8 Å². The van der Waals surface area contributed by atoms with Crippen LogP contribution in [0.3, 0.4) is 0 Å². The van der Waals surface area contributed by atoms with Crippen molar-refractivity contribution in [3.63, 3.8) is 0 Å². The SMILES string of the molecule is CC1(C)Oc2ccc(S(=O)C(F)F)cc2[C@@H](N2CCN(CC3CC3)CC2=O)[C@@H]1O. The Balaban J connectivity index is 1.65. The first-order valence-corrected chi connectivity index (χ1v) is 11.1. The molecule has 1 unspecified atom stereocenters. The summed E-state index contributed by atoms with van der Waals surface area (Å²) in [5.41, 5.74) is -0.542. The van der Waals surface area contributed by atoms with E-state index in [1.165, 1.54) is 31.0 Å². The number of piperazine rings is 1. The molecule has 160 valence electrons. The molecule has 1 saturated heterocycles. The lowest BCUT2D eigenvalue weighted by molar-refractivity contribution is -0.150. The second kappa shape index (κ2) is 7.59. The number of amides is 1. The molecule has 3 aliphatic rings. The van der Waals surface area contributed by atoms with Gasteiger partial charge in [0.25, 0.3) is 0 Å². The Hall–Kier alpha value is -1.58. The van der Waals surface area contributed by atoms with Gasteiger partial charge in [-0.25, -0.2) is 4.21 Å². The molecule has 0 spiro atoms. The summed E-state index contributed by atoms with van der Waals surface area (Å²) in [7, 11) is -2.48. The summed E-state index contributed by atoms with van der Waals surface area (Å²) >= 11 is 0. The van der Waals surface area contributed by atoms with Gasteiger partial charge in [-0.15, -0.1) is 0 Å². The maximum Gasteiger partial charge on any atom is 0.316 e. The number of hydrogen-bond acceptors (Lipinski definition) is 5. The number of aliphatic hydroxyl groups is 1. The number of alkyl halides is 2. The highest BCUT2D eigenvalue weighted by Crippen LogP contribution is 2.44. The lowest BCUT2D eigenvalue weighted by atomic mass is 9.85. The van der Waals surface area contributed by atoms with E-state index in [4.69, 9.17) is 4.74 Å². The fourth-order valence-electron chi connectivity index (χ4n) is 4.16. The van der Waals surface area contributed by atoms with Crippen LogP contribution in [0.2, 0.25) is 0 Å². The predicted molar refractivity (Wildman–Crippen MR) is 103 cm³/mol. The molecule has 1 aromatic rings. The van der Waals surface area contributed by atoms with Crippen LogP contribution in [-0.2, 0) is 15.6 Å². The van der Waals surface area contributed by atoms with Crippen molar-refractivity contribution < 1.29 is 27.6 Å². The Morgan fingerprint density at radius 2 is 2.03 bits per heavy atom. The molecule has 0 radical (unpaired) electrons. The molecule has 2 aliphatic heterocycles. The third-order valence-electron chi connectivity index (χ3n) is 5.96. The van der Waals surface area contributed by atoms with E-state index in [9.17, 15) is 22.9 Å². The van der Waals surface area contributed by atoms with Gasteiger partial charge in [0.1, 0.15) is 28.3 Å². The normalized spacial score (nSPS) is 28.2. The van der Waals surface area contributed by atoms with Crippen LogP contribution in [-0.4, -0.2) is 68.7 Å². The highest BCUT2D eigenvalue weighted by molar-refractivity contribution is 7.85. The molecule has 4 rings (SSSR count). The largest absolute Gasteiger partial charge is 0.485 e. The van der Waals surface area contributed by atoms with Gasteiger partial charge in [0.15, 0.2) is 0 Å². The number of carbonyl (C=O) groups excluding carboxylic acids is 1. The summed E-state index contributed by atoms with van der Waals surface area (Å²) in [4.78, 5) is 16.7. The van der Waals surface area contributed by atoms with Gasteiger partial charge >= 0.3 is 5.76 Å². The quantitative estimate of drug-likeness (QED) is 0.778. The number of benzene rings is 1. The van der Waals surface area contributed by atoms with Gasteiger partial charge in [-0.1, -0.05) is 0 Å². The minimum atomic E-state index is -3.01. The molecular formula is C20H26F2N2O4S. The smallest absolute Gasteiger partial charge is 0.316 e. The van der Waals surface area contributed by atoms with Crippen molar-refractivity contribution in [3.05, 3.63) is 23.8 Å². The van der Waals surface area contributed by atoms with E-state index in [1.807, 2.05) is 0 Å². The molecule has 3 atom stereocenters. The van der Waals surface area contributed by atoms with Crippen molar-refractivity contribution in [1.82, 2.24) is 9.80 Å². The fraction of sp³-hybridized carbons (Fsp3) is 0.650. The van der Waals surface area contributed by atoms with Gasteiger partial charge in [-0.2, -0.15) is 8.78 Å². The summed E-state index contributed by atoms with van der Waals surface area (Å²) in [5.74, 6) is -2.03. The molecule has 29 heavy (non-hydrogen) atoms. The van der Waals surface area contributed by atoms with Gasteiger partial charge in [0.05, 0.1) is 12.6 Å². The molecule has 1 saturated carbocycles. The first kappa shape index (κ1) is 20.7. The van der Waals surface area contributed by atoms with Crippen LogP contribution >= 0.6 is 0 Å². The van der Waals surface area contributed by atoms with Gasteiger partial charge in [0.2, 0.25) is 5.91 Å². The summed E-state index contributed by atoms with van der Waals surface area (Å²) in [5, 5.41) is 11.0. The molecule has 1 aliphatic carbocycles. The van der Waals surface area contributed by atoms with Crippen LogP contribution in [0.5, 0.6) is 5.75 Å². The Morgan fingerprint density at radius 1 is 1.31 bits per heavy atom. The van der Waals surface area contributed by atoms with Crippen LogP contribution in [0.15, 0.2) is 23.1 Å². The molecule has 6 nitrogen and oxygen atoms in total. The van der Waals surface area contributed by atoms with Crippen LogP contribution in [0.25, 0.3) is 0 Å². The van der Waals surface area contributed by atoms with E-state index >= 15 is 0 Å². The van der Waals surface area contributed by atoms with Crippen molar-refractivity contribution in [1.29, 1.82) is 0 Å². The Morgan fingerprint density at radius 3 is 2.66 bits per heavy atom. The van der Waals surface area contributed by atoms with Crippen molar-refractivity contribution in [2.75, 3.05) is 26.2 Å². The average Bonchev–Trinajstić information content (AvgIpc) is 3.47. The molecule has 2 fully saturated rings. The third-order valence-corrected chi connectivity index (χ3v) is 7.01. The lowest BCUT2D eigenvalue weighted by Gasteiger charge is -2.48. The molecule has 9 heteroatoms. The van der Waals surface area contributed by atoms with Crippen LogP contribution < -0.4 is 4.74 Å². The minimum Gasteiger partial charge on any atom is -0.485 e. The number of halogens is 2. The number of ether oxygens (including phenoxy) is 1. The number of rotatable bonds is 5. The van der Waals surface area contributed by atoms with Crippen molar-refractivity contribution >= 4 is 16.7 Å². The van der Waals surface area contributed by atoms with E-state index in [-0.39, 0.29) is 17.3 Å². The second-order valence-corrected chi connectivity index (χ2v) is 10.0. The highest BCUT2D eigenvalue weighted by Gasteiger charge is 2.48. The summed E-state index contributed by atoms with van der Waals surface area (Å²) in [6.45, 7) is 5.78. The van der Waals surface area contributed by atoms with E-state index in [1.54, 1.807) is 18.7 Å². The first-order valence-electron chi connectivity index (χ1n) is 9.89. The fourth-order valence-corrected chi connectivity index (χ4v) is 4.81. The van der Waals surface area contributed by atoms with E-state index < -0.39 is 34.3 Å². The molecule has 1 amide bonds. The van der Waals surface area contributed by atoms with E-state index in [0.717, 1.165) is 6.54 Å². The number of carbonyl (C=O) groups is 1. The van der Waals surface area contributed by atoms with Gasteiger partial charge in [0, 0.05) is 30.1 Å². The standard InChI is InChI=1S/C20H26F2N2O4S/c1-20(2)18(26)17(24-8-7-23(11-16(24)25)10-12-3-4-12)14-9-13(29(27)19(21)22)5-6-15(14)28-20/h5-6,9,12,17-19,26H,3-4,7-8,10-11H2,1-2H3/t17-,18+,29?/m1/s1. The molecule has 1 aromatic carbocycles. The van der Waals surface area contributed by atoms with Crippen molar-refractivity contribution in [2.24, 2.45) is 5.92 Å². The lowest BCUT2D eigenvalue weighted by Crippen LogP contribution is -2.59. The third kappa shape index (κ3) is 4.04. The monoisotopic (exact) mass is 428 g/mol. The topological polar surface area (TPSA) is 70.1 Å². The second-order valence-electron chi connectivity index (χ2n) is 8.62. The maximum absolute atomic E-state index is 13.0. The number of nitrogens with zero attached hydrogens (tertiary/aromatic N) is 2. The predicted octanol–water partition coefficient (Wildman–Crippen LogP) is 2.14. The Kier molecular flexibility index (Phi) is 5.41. The molecule has 2 heterocycles. The zero-order valence-electron chi connectivity index (χ0n) is 16.5. The van der Waals surface area contributed by atoms with Crippen LogP contribution in [0.4, 0.5) is 8.78 Å². The Labute approximate surface area is 171 Å². The van der Waals surface area contributed by atoms with Crippen LogP contribution in [0.1, 0.15) is 38.3 Å². The van der Waals surface area contributed by atoms with Gasteiger partial charge in [-0.3, -0.25) is 9.69 Å². The van der Waals surface area contributed by atoms with Gasteiger partial charge < -0.3 is 14.7 Å². The number of aliphatic hydroxyl groups excluding tert-OH is 1. The summed E-state index contributed by atoms with van der Waals surface area (Å²) < 4.78 is 43.7. The zero-order chi connectivity index (χ0) is 20.9. The molecule has 0 aromatic heterocycles. The van der Waals surface area contributed by atoms with E-state index in [2.05, 4.69) is 4.90 Å². The summed E-state index contributed by atoms with van der Waals surface area (Å²) in [6, 6.07) is 3.49. The van der Waals surface area contributed by atoms with E-state index in [0.29, 0.717) is 30.3 Å². The highest BCUT2D eigenvalue weighted by atomic mass is 32.2. The van der Waals surface area contributed by atoms with Crippen molar-refractivity contribution in [3.8, 4) is 5.75 Å². The summed E-state index contributed by atoms with van der Waals surface area (Å²) in [6.07, 6.45) is 1.36. The molecular weight excluding hydrogens is 402 g/mol. The van der Waals surface area contributed by atoms with Crippen LogP contribution in [0, 0.1) is 5.92 Å². The maximum atomic E-state index is 13.0. The molecule has 1 N–H and O–H groups in total. The minimum absolute atomic E-state index is 0.0425. The van der Waals surface area contributed by atoms with Crippen molar-refractivity contribution in [2.45, 2.75) is 55.1 Å². The molecule has 0 bridgehead atoms. The zero-order valence-corrected chi connectivity index (χ0v) is 17.3. The number of fused-ring (bicyclic) bond motifs is 1. The number of hydrogen-bond donors (Lipinski definition) is 1. The Bertz CT molecular complexity index is 831.